The largest absolute Gasteiger partial charge is 0.356 e. The molecule has 12 nitrogen and oxygen atoms in total. The molecule has 0 heterocycles. The van der Waals surface area contributed by atoms with E-state index in [1.54, 1.807) is 0 Å². The Balaban J connectivity index is -0.000000139. The molecule has 0 fully saturated rings. The van der Waals surface area contributed by atoms with Gasteiger partial charge in [-0.15, -0.1) is 0 Å². The van der Waals surface area contributed by atoms with Crippen LogP contribution >= 0.6 is 0 Å². The van der Waals surface area contributed by atoms with Crippen molar-refractivity contribution in [3.8, 4) is 0 Å². The summed E-state index contributed by atoms with van der Waals surface area (Å²) in [7, 11) is 0. The van der Waals surface area contributed by atoms with Gasteiger partial charge in [-0.1, -0.05) is 242 Å². The second-order valence-corrected chi connectivity index (χ2v) is 38.2. The number of nitrogens with one attached hydrogen (secondary N) is 8. The fraction of sp³-hybridized carbons (Fsp3) is 0.947. The average Bonchev–Trinajstić information content (AvgIpc) is 3.26. The predicted molar refractivity (Wildman–Crippen MR) is 397 cm³/mol. The molecule has 0 aliphatic rings. The molecule has 0 saturated carbocycles. The van der Waals surface area contributed by atoms with Crippen molar-refractivity contribution in [3.63, 3.8) is 0 Å². The number of hydrogen-bond donors (Lipinski definition) is 8. The lowest BCUT2D eigenvalue weighted by Crippen LogP contribution is -2.39. The molecule has 0 aliphatic carbocycles. The van der Waals surface area contributed by atoms with E-state index in [4.69, 9.17) is 0 Å². The van der Waals surface area contributed by atoms with Gasteiger partial charge in [0.05, 0.1) is 0 Å². The van der Waals surface area contributed by atoms with Gasteiger partial charge in [-0.3, -0.25) is 19.2 Å². The first-order valence-electron chi connectivity index (χ1n) is 34.7. The zero-order valence-electron chi connectivity index (χ0n) is 67.9. The molecule has 0 saturated heterocycles. The van der Waals surface area contributed by atoms with Gasteiger partial charge in [0, 0.05) is 58.9 Å². The van der Waals surface area contributed by atoms with Crippen molar-refractivity contribution in [3.05, 3.63) is 0 Å². The SMILES string of the molecule is CC(C)(C)CCCNC(C)(C)C.CC(C)(C)CCNC(=O)C(C)(C)C.CC(C)(C)CCNCC(C)(C)C.CC(C)(C)CNC(=O)C(C)(C)C.CC(C)CCNC(=O)C(C)(C)C.CCCCNC(C)(C)C.CCNC(=O)C(C)(C)C.CCNCCC(C)(C)C. The van der Waals surface area contributed by atoms with Crippen molar-refractivity contribution < 1.29 is 19.2 Å². The van der Waals surface area contributed by atoms with Crippen LogP contribution < -0.4 is 42.5 Å². The molecule has 4 amide bonds. The summed E-state index contributed by atoms with van der Waals surface area (Å²) in [5.41, 5.74) is 1.86. The molecule has 8 N–H and O–H groups in total. The summed E-state index contributed by atoms with van der Waals surface area (Å²) >= 11 is 0. The van der Waals surface area contributed by atoms with Crippen molar-refractivity contribution in [2.45, 2.75) is 346 Å². The highest BCUT2D eigenvalue weighted by molar-refractivity contribution is 5.82. The summed E-state index contributed by atoms with van der Waals surface area (Å²) in [6.07, 6.45) is 9.75. The van der Waals surface area contributed by atoms with Crippen LogP contribution in [0.4, 0.5) is 0 Å². The zero-order valence-corrected chi connectivity index (χ0v) is 67.9. The van der Waals surface area contributed by atoms with Gasteiger partial charge in [-0.2, -0.15) is 0 Å². The number of unbranched alkanes of at least 4 members (excludes halogenated alkanes) is 1. The second-order valence-electron chi connectivity index (χ2n) is 38.2. The van der Waals surface area contributed by atoms with E-state index in [0.29, 0.717) is 38.5 Å². The van der Waals surface area contributed by atoms with Gasteiger partial charge in [0.25, 0.3) is 0 Å². The lowest BCUT2D eigenvalue weighted by atomic mass is 9.90. The quantitative estimate of drug-likeness (QED) is 0.0593. The normalized spacial score (nSPS) is 12.5. The maximum atomic E-state index is 11.4. The zero-order chi connectivity index (χ0) is 72.3. The molecule has 0 unspecified atom stereocenters. The monoisotopic (exact) mass is 1260 g/mol. The molecule has 0 aromatic rings. The van der Waals surface area contributed by atoms with Crippen LogP contribution in [-0.4, -0.2) is 100 Å². The molecule has 88 heavy (non-hydrogen) atoms. The Morgan fingerprint density at radius 1 is 0.295 bits per heavy atom. The van der Waals surface area contributed by atoms with Crippen LogP contribution in [0, 0.1) is 60.1 Å². The van der Waals surface area contributed by atoms with Gasteiger partial charge < -0.3 is 42.5 Å². The number of rotatable bonds is 19. The molecule has 0 spiro atoms. The Labute approximate surface area is 554 Å². The summed E-state index contributed by atoms with van der Waals surface area (Å²) in [6, 6.07) is 0. The Hall–Kier alpha value is -2.28. The maximum Gasteiger partial charge on any atom is 0.225 e. The average molecular weight is 1260 g/mol. The predicted octanol–water partition coefficient (Wildman–Crippen LogP) is 18.6. The minimum atomic E-state index is -0.273. The van der Waals surface area contributed by atoms with Crippen molar-refractivity contribution in [1.29, 1.82) is 0 Å². The molecule has 0 atom stereocenters. The molecule has 0 bridgehead atoms. The first-order valence-corrected chi connectivity index (χ1v) is 34.7. The molecule has 12 heteroatoms. The molecule has 0 aromatic carbocycles. The molecule has 536 valence electrons. The Morgan fingerprint density at radius 3 is 0.852 bits per heavy atom. The first kappa shape index (κ1) is 102. The highest BCUT2D eigenvalue weighted by Crippen LogP contribution is 2.22. The van der Waals surface area contributed by atoms with Crippen LogP contribution in [0.2, 0.25) is 0 Å². The third kappa shape index (κ3) is 105. The van der Waals surface area contributed by atoms with Crippen LogP contribution in [0.15, 0.2) is 0 Å². The van der Waals surface area contributed by atoms with Crippen LogP contribution in [0.3, 0.4) is 0 Å². The maximum absolute atomic E-state index is 11.4. The van der Waals surface area contributed by atoms with Crippen LogP contribution in [0.5, 0.6) is 0 Å². The first-order chi connectivity index (χ1) is 38.6. The number of amides is 4. The van der Waals surface area contributed by atoms with Gasteiger partial charge in [0.2, 0.25) is 23.6 Å². The van der Waals surface area contributed by atoms with E-state index in [1.807, 2.05) is 90.0 Å². The Morgan fingerprint density at radius 2 is 0.591 bits per heavy atom. The molecule has 0 rings (SSSR count). The lowest BCUT2D eigenvalue weighted by molar-refractivity contribution is -0.129. The number of hydrogen-bond acceptors (Lipinski definition) is 8. The van der Waals surface area contributed by atoms with E-state index in [-0.39, 0.29) is 56.2 Å². The van der Waals surface area contributed by atoms with Crippen molar-refractivity contribution in [1.82, 2.24) is 42.5 Å². The third-order valence-corrected chi connectivity index (χ3v) is 12.0. The van der Waals surface area contributed by atoms with Gasteiger partial charge in [-0.05, 0) is 171 Å². The minimum Gasteiger partial charge on any atom is -0.356 e. The standard InChI is InChI=1S/C11H23NO.2C11H25N.2C10H21NO.2C8H19N.C7H15NO/c1-10(2,3)7-8-12-9(13)11(4,5)6;1-10(2,3)7-8-12-9-11(4,5)6;1-10(2,3)8-7-9-12-11(4,5)6;1-9(2,3)7-11-8(12)10(4,5)6;1-8(2)6-7-11-9(12)10(3,4)5;1-5-9-7-6-8(2,3)4;1-5-6-7-9-8(2,3)4;1-5-8-6(9)7(2,3)4/h7-8H2,1-6H3,(H,12,13);2*12H,7-9H2,1-6H3;7H2,1-6H3,(H,11,12);8H,6-7H2,1-5H3,(H,11,12);2*9H,5-7H2,1-4H3;5H2,1-4H3,(H,8,9). The number of carbonyl (C=O) groups is 4. The van der Waals surface area contributed by atoms with E-state index in [1.165, 1.54) is 38.5 Å². The highest BCUT2D eigenvalue weighted by Gasteiger charge is 2.24. The van der Waals surface area contributed by atoms with Gasteiger partial charge in [0.1, 0.15) is 0 Å². The van der Waals surface area contributed by atoms with Gasteiger partial charge in [0.15, 0.2) is 0 Å². The summed E-state index contributed by atoms with van der Waals surface area (Å²) in [5.74, 6) is 1.17. The molecule has 0 aromatic heterocycles. The topological polar surface area (TPSA) is 165 Å². The van der Waals surface area contributed by atoms with Crippen LogP contribution in [-0.2, 0) is 19.2 Å². The van der Waals surface area contributed by atoms with Crippen LogP contribution in [0.1, 0.15) is 335 Å². The fourth-order valence-electron chi connectivity index (χ4n) is 5.88. The Kier molecular flexibility index (Phi) is 56.1. The molecular formula is C76H168N8O4. The van der Waals surface area contributed by atoms with Gasteiger partial charge in [-0.25, -0.2) is 0 Å². The van der Waals surface area contributed by atoms with Crippen molar-refractivity contribution in [2.24, 2.45) is 60.1 Å². The summed E-state index contributed by atoms with van der Waals surface area (Å²) < 4.78 is 0. The van der Waals surface area contributed by atoms with E-state index in [0.717, 1.165) is 78.3 Å². The van der Waals surface area contributed by atoms with Crippen molar-refractivity contribution in [2.75, 3.05) is 65.4 Å². The lowest BCUT2D eigenvalue weighted by Gasteiger charge is -2.23. The summed E-state index contributed by atoms with van der Waals surface area (Å²) in [4.78, 5) is 45.1. The van der Waals surface area contributed by atoms with Crippen molar-refractivity contribution >= 4 is 23.6 Å². The third-order valence-electron chi connectivity index (χ3n) is 12.0. The van der Waals surface area contributed by atoms with E-state index in [2.05, 4.69) is 236 Å². The van der Waals surface area contributed by atoms with E-state index >= 15 is 0 Å². The summed E-state index contributed by atoms with van der Waals surface area (Å²) in [5, 5.41) is 25.2. The Bertz CT molecular complexity index is 1590. The fourth-order valence-corrected chi connectivity index (χ4v) is 5.88. The molecular weight excluding hydrogens is 1090 g/mol. The summed E-state index contributed by atoms with van der Waals surface area (Å²) in [6.45, 7) is 96.9. The van der Waals surface area contributed by atoms with Crippen LogP contribution in [0.25, 0.3) is 0 Å². The second kappa shape index (κ2) is 48.4. The molecule has 0 aliphatic heterocycles. The minimum absolute atomic E-state index is 0.116. The van der Waals surface area contributed by atoms with E-state index < -0.39 is 0 Å². The van der Waals surface area contributed by atoms with E-state index in [9.17, 15) is 19.2 Å². The highest BCUT2D eigenvalue weighted by atomic mass is 16.2. The van der Waals surface area contributed by atoms with Gasteiger partial charge >= 0.3 is 0 Å². The molecule has 0 radical (unpaired) electrons. The number of carbonyl (C=O) groups excluding carboxylic acids is 4. The smallest absolute Gasteiger partial charge is 0.225 e.